The van der Waals surface area contributed by atoms with Crippen molar-refractivity contribution in [3.8, 4) is 28.2 Å². The minimum atomic E-state index is 1.13. The molecule has 0 aliphatic carbocycles. The van der Waals surface area contributed by atoms with Crippen molar-refractivity contribution in [1.29, 1.82) is 0 Å². The second kappa shape index (κ2) is 11.6. The summed E-state index contributed by atoms with van der Waals surface area (Å²) in [4.78, 5) is 0. The number of para-hydroxylation sites is 4. The quantitative estimate of drug-likeness (QED) is 0.174. The maximum Gasteiger partial charge on any atom is 0.0619 e. The van der Waals surface area contributed by atoms with Gasteiger partial charge in [-0.15, -0.1) is 0 Å². The zero-order chi connectivity index (χ0) is 36.0. The van der Waals surface area contributed by atoms with Crippen molar-refractivity contribution < 1.29 is 0 Å². The van der Waals surface area contributed by atoms with Gasteiger partial charge in [0.25, 0.3) is 0 Å². The highest BCUT2D eigenvalue weighted by Crippen LogP contribution is 2.42. The molecule has 9 aromatic carbocycles. The van der Waals surface area contributed by atoms with Gasteiger partial charge < -0.3 is 13.7 Å². The molecule has 12 aromatic rings. The van der Waals surface area contributed by atoms with Crippen molar-refractivity contribution in [3.05, 3.63) is 200 Å². The molecule has 0 atom stereocenters. The summed E-state index contributed by atoms with van der Waals surface area (Å²) in [5.41, 5.74) is 13.1. The first-order valence-electron chi connectivity index (χ1n) is 18.9. The van der Waals surface area contributed by atoms with Gasteiger partial charge in [-0.2, -0.15) is 0 Å². The summed E-state index contributed by atoms with van der Waals surface area (Å²) in [6.45, 7) is 0. The predicted molar refractivity (Wildman–Crippen MR) is 232 cm³/mol. The minimum Gasteiger partial charge on any atom is -0.309 e. The molecule has 0 saturated heterocycles. The Morgan fingerprint density at radius 3 is 1.62 bits per heavy atom. The smallest absolute Gasteiger partial charge is 0.0619 e. The molecule has 3 nitrogen and oxygen atoms in total. The Balaban J connectivity index is 1.09. The van der Waals surface area contributed by atoms with Gasteiger partial charge in [-0.05, 0) is 83.2 Å². The summed E-state index contributed by atoms with van der Waals surface area (Å²) in [7, 11) is 0. The first kappa shape index (κ1) is 30.1. The largest absolute Gasteiger partial charge is 0.309 e. The monoisotopic (exact) mass is 699 g/mol. The Bertz CT molecular complexity index is 3490. The molecule has 55 heavy (non-hydrogen) atoms. The van der Waals surface area contributed by atoms with E-state index in [0.29, 0.717) is 0 Å². The number of hydrogen-bond donors (Lipinski definition) is 0. The molecule has 0 aliphatic rings. The third-order valence-electron chi connectivity index (χ3n) is 11.6. The number of hydrogen-bond acceptors (Lipinski definition) is 0. The van der Waals surface area contributed by atoms with Crippen molar-refractivity contribution in [3.63, 3.8) is 0 Å². The Morgan fingerprint density at radius 1 is 0.273 bits per heavy atom. The zero-order valence-electron chi connectivity index (χ0n) is 29.9. The van der Waals surface area contributed by atoms with Gasteiger partial charge in [0.2, 0.25) is 0 Å². The van der Waals surface area contributed by atoms with Crippen LogP contribution in [0.15, 0.2) is 200 Å². The van der Waals surface area contributed by atoms with Gasteiger partial charge >= 0.3 is 0 Å². The number of fused-ring (bicyclic) bond motifs is 11. The predicted octanol–water partition coefficient (Wildman–Crippen LogP) is 13.8. The first-order valence-corrected chi connectivity index (χ1v) is 18.9. The first-order chi connectivity index (χ1) is 27.3. The highest BCUT2D eigenvalue weighted by molar-refractivity contribution is 6.19. The molecule has 256 valence electrons. The van der Waals surface area contributed by atoms with Crippen LogP contribution in [-0.4, -0.2) is 13.7 Å². The van der Waals surface area contributed by atoms with Crippen molar-refractivity contribution in [2.75, 3.05) is 0 Å². The molecule has 0 saturated carbocycles. The van der Waals surface area contributed by atoms with Crippen LogP contribution in [0.4, 0.5) is 0 Å². The van der Waals surface area contributed by atoms with Crippen LogP contribution in [0.3, 0.4) is 0 Å². The summed E-state index contributed by atoms with van der Waals surface area (Å²) >= 11 is 0. The van der Waals surface area contributed by atoms with Crippen LogP contribution in [0.25, 0.3) is 104 Å². The van der Waals surface area contributed by atoms with E-state index < -0.39 is 0 Å². The Hall–Kier alpha value is -7.36. The van der Waals surface area contributed by atoms with E-state index in [1.807, 2.05) is 0 Å². The molecule has 0 N–H and O–H groups in total. The molecule has 3 heteroatoms. The number of rotatable bonds is 4. The van der Waals surface area contributed by atoms with E-state index in [9.17, 15) is 0 Å². The molecule has 3 heterocycles. The van der Waals surface area contributed by atoms with Crippen LogP contribution < -0.4 is 0 Å². The number of nitrogens with zero attached hydrogens (tertiary/aromatic N) is 3. The topological polar surface area (TPSA) is 14.8 Å². The third kappa shape index (κ3) is 4.32. The lowest BCUT2D eigenvalue weighted by atomic mass is 9.98. The number of aromatic nitrogens is 3. The highest BCUT2D eigenvalue weighted by Gasteiger charge is 2.20. The molecule has 0 amide bonds. The zero-order valence-corrected chi connectivity index (χ0v) is 29.9. The van der Waals surface area contributed by atoms with Gasteiger partial charge in [0.05, 0.1) is 33.1 Å². The van der Waals surface area contributed by atoms with Crippen molar-refractivity contribution in [2.24, 2.45) is 0 Å². The average Bonchev–Trinajstić information content (AvgIpc) is 3.90. The van der Waals surface area contributed by atoms with Crippen LogP contribution in [0.5, 0.6) is 0 Å². The van der Waals surface area contributed by atoms with Gasteiger partial charge in [-0.25, -0.2) is 0 Å². The van der Waals surface area contributed by atoms with Crippen LogP contribution in [0.2, 0.25) is 0 Å². The molecule has 12 rings (SSSR count). The molecular weight excluding hydrogens is 667 g/mol. The Labute approximate surface area is 317 Å². The normalized spacial score (nSPS) is 12.0. The molecule has 0 radical (unpaired) electrons. The lowest BCUT2D eigenvalue weighted by molar-refractivity contribution is 1.14. The van der Waals surface area contributed by atoms with Gasteiger partial charge in [0.15, 0.2) is 0 Å². The van der Waals surface area contributed by atoms with E-state index in [1.165, 1.54) is 93.0 Å². The second-order valence-corrected chi connectivity index (χ2v) is 14.5. The molecule has 0 bridgehead atoms. The Kier molecular flexibility index (Phi) is 6.34. The molecule has 0 spiro atoms. The number of benzene rings is 9. The summed E-state index contributed by atoms with van der Waals surface area (Å²) in [5, 5.41) is 10.0. The van der Waals surface area contributed by atoms with Crippen LogP contribution in [0.1, 0.15) is 0 Å². The van der Waals surface area contributed by atoms with Crippen LogP contribution in [0, 0.1) is 0 Å². The van der Waals surface area contributed by atoms with E-state index in [1.54, 1.807) is 0 Å². The highest BCUT2D eigenvalue weighted by atomic mass is 15.0. The molecule has 0 fully saturated rings. The summed E-state index contributed by atoms with van der Waals surface area (Å²) in [6, 6.07) is 73.2. The van der Waals surface area contributed by atoms with E-state index >= 15 is 0 Å². The third-order valence-corrected chi connectivity index (χ3v) is 11.6. The van der Waals surface area contributed by atoms with E-state index in [2.05, 4.69) is 214 Å². The SMILES string of the molecule is c1ccc(-n2c3ccccc3c3cc(-c4cccc5c4c4ccccc4n5-c4cccc(-n5c6ccccc6c6ccc7ccccc7c65)c4)ccc32)cc1. The lowest BCUT2D eigenvalue weighted by Gasteiger charge is -2.14. The van der Waals surface area contributed by atoms with Crippen molar-refractivity contribution in [1.82, 2.24) is 13.7 Å². The molecule has 0 aliphatic heterocycles. The van der Waals surface area contributed by atoms with Crippen LogP contribution in [-0.2, 0) is 0 Å². The second-order valence-electron chi connectivity index (χ2n) is 14.5. The van der Waals surface area contributed by atoms with Gasteiger partial charge in [-0.3, -0.25) is 0 Å². The fourth-order valence-corrected chi connectivity index (χ4v) is 9.30. The van der Waals surface area contributed by atoms with Crippen molar-refractivity contribution in [2.45, 2.75) is 0 Å². The van der Waals surface area contributed by atoms with Gasteiger partial charge in [0.1, 0.15) is 0 Å². The van der Waals surface area contributed by atoms with E-state index in [4.69, 9.17) is 0 Å². The van der Waals surface area contributed by atoms with Crippen molar-refractivity contribution >= 4 is 76.2 Å². The average molecular weight is 700 g/mol. The van der Waals surface area contributed by atoms with Crippen LogP contribution >= 0.6 is 0 Å². The van der Waals surface area contributed by atoms with E-state index in [0.717, 1.165) is 11.4 Å². The molecule has 3 aromatic heterocycles. The van der Waals surface area contributed by atoms with Gasteiger partial charge in [-0.1, -0.05) is 133 Å². The maximum atomic E-state index is 2.46. The summed E-state index contributed by atoms with van der Waals surface area (Å²) < 4.78 is 7.29. The lowest BCUT2D eigenvalue weighted by Crippen LogP contribution is -1.99. The fourth-order valence-electron chi connectivity index (χ4n) is 9.30. The maximum absolute atomic E-state index is 2.46. The molecular formula is C52H33N3. The standard InChI is InChI=1S/C52H33N3/c1-2-15-36(16-3-1)53-46-24-9-7-21-42(46)45-32-35(29-31-49(45)53)39-23-13-27-50-51(39)44-22-8-11-26-48(44)54(50)37-17-12-18-38(33-37)55-47-25-10-6-20-41(47)43-30-28-34-14-4-5-19-40(34)52(43)55/h1-33H. The Morgan fingerprint density at radius 2 is 0.818 bits per heavy atom. The summed E-state index contributed by atoms with van der Waals surface area (Å²) in [6.07, 6.45) is 0. The van der Waals surface area contributed by atoms with Gasteiger partial charge in [0, 0.05) is 54.8 Å². The summed E-state index contributed by atoms with van der Waals surface area (Å²) in [5.74, 6) is 0. The molecule has 0 unspecified atom stereocenters. The van der Waals surface area contributed by atoms with E-state index in [-0.39, 0.29) is 0 Å². The minimum absolute atomic E-state index is 1.13. The fraction of sp³-hybridized carbons (Fsp3) is 0.